The number of halogens is 1. The maximum absolute atomic E-state index is 13.2. The first-order chi connectivity index (χ1) is 12.7. The van der Waals surface area contributed by atoms with Crippen molar-refractivity contribution in [3.63, 3.8) is 0 Å². The highest BCUT2D eigenvalue weighted by atomic mass is 79.9. The molecule has 4 aromatic rings. The Hall–Kier alpha value is -2.92. The maximum Gasteiger partial charge on any atom is 0.263 e. The molecule has 0 saturated carbocycles. The fourth-order valence-electron chi connectivity index (χ4n) is 2.81. The Bertz CT molecular complexity index is 1070. The summed E-state index contributed by atoms with van der Waals surface area (Å²) in [5.41, 5.74) is 2.12. The standard InChI is InChI=1S/C21H15BrN2O2/c22-16-8-6-7-15(13-16)21(25)24-19-12-5-4-11-18(19)23-20(24)14-26-17-9-2-1-3-10-17/h1-13H,14H2. The second-order valence-electron chi connectivity index (χ2n) is 5.77. The molecule has 0 unspecified atom stereocenters. The van der Waals surface area contributed by atoms with Crippen LogP contribution >= 0.6 is 15.9 Å². The van der Waals surface area contributed by atoms with Gasteiger partial charge >= 0.3 is 0 Å². The Morgan fingerprint density at radius 2 is 1.73 bits per heavy atom. The van der Waals surface area contributed by atoms with Gasteiger partial charge in [0, 0.05) is 10.0 Å². The first kappa shape index (κ1) is 16.5. The van der Waals surface area contributed by atoms with E-state index >= 15 is 0 Å². The normalized spacial score (nSPS) is 10.8. The monoisotopic (exact) mass is 406 g/mol. The predicted molar refractivity (Wildman–Crippen MR) is 104 cm³/mol. The lowest BCUT2D eigenvalue weighted by molar-refractivity contribution is 0.0956. The molecule has 0 fully saturated rings. The van der Waals surface area contributed by atoms with E-state index in [1.54, 1.807) is 16.7 Å². The van der Waals surface area contributed by atoms with Gasteiger partial charge in [-0.1, -0.05) is 52.3 Å². The van der Waals surface area contributed by atoms with Crippen molar-refractivity contribution in [1.29, 1.82) is 0 Å². The summed E-state index contributed by atoms with van der Waals surface area (Å²) in [5, 5.41) is 0. The fourth-order valence-corrected chi connectivity index (χ4v) is 3.21. The largest absolute Gasteiger partial charge is 0.486 e. The van der Waals surface area contributed by atoms with Gasteiger partial charge in [-0.25, -0.2) is 4.98 Å². The number of nitrogens with zero attached hydrogens (tertiary/aromatic N) is 2. The molecule has 0 spiro atoms. The van der Waals surface area contributed by atoms with Gasteiger partial charge in [-0.2, -0.15) is 0 Å². The number of para-hydroxylation sites is 3. The number of ether oxygens (including phenoxy) is 1. The number of fused-ring (bicyclic) bond motifs is 1. The SMILES string of the molecule is O=C(c1cccc(Br)c1)n1c(COc2ccccc2)nc2ccccc21. The fraction of sp³-hybridized carbons (Fsp3) is 0.0476. The van der Waals surface area contributed by atoms with Crippen molar-refractivity contribution in [1.82, 2.24) is 9.55 Å². The van der Waals surface area contributed by atoms with Crippen LogP contribution in [0.25, 0.3) is 11.0 Å². The van der Waals surface area contributed by atoms with E-state index in [-0.39, 0.29) is 12.5 Å². The van der Waals surface area contributed by atoms with Crippen LogP contribution < -0.4 is 4.74 Å². The van der Waals surface area contributed by atoms with Gasteiger partial charge in [0.05, 0.1) is 11.0 Å². The molecule has 3 aromatic carbocycles. The summed E-state index contributed by atoms with van der Waals surface area (Å²) in [5.74, 6) is 1.17. The number of hydrogen-bond acceptors (Lipinski definition) is 3. The molecule has 0 aliphatic carbocycles. The van der Waals surface area contributed by atoms with Crippen LogP contribution in [0.3, 0.4) is 0 Å². The number of rotatable bonds is 4. The first-order valence-electron chi connectivity index (χ1n) is 8.17. The second-order valence-corrected chi connectivity index (χ2v) is 6.69. The van der Waals surface area contributed by atoms with Crippen LogP contribution in [0.4, 0.5) is 0 Å². The molecule has 0 atom stereocenters. The Kier molecular flexibility index (Phi) is 4.54. The number of carbonyl (C=O) groups excluding carboxylic acids is 1. The second kappa shape index (κ2) is 7.14. The van der Waals surface area contributed by atoms with Crippen molar-refractivity contribution in [2.75, 3.05) is 0 Å². The average molecular weight is 407 g/mol. The Morgan fingerprint density at radius 1 is 0.962 bits per heavy atom. The molecule has 4 rings (SSSR count). The van der Waals surface area contributed by atoms with Crippen LogP contribution in [0.5, 0.6) is 5.75 Å². The van der Waals surface area contributed by atoms with Crippen molar-refractivity contribution in [3.05, 3.63) is 94.7 Å². The highest BCUT2D eigenvalue weighted by molar-refractivity contribution is 9.10. The van der Waals surface area contributed by atoms with E-state index in [4.69, 9.17) is 4.74 Å². The van der Waals surface area contributed by atoms with E-state index in [2.05, 4.69) is 20.9 Å². The number of aromatic nitrogens is 2. The van der Waals surface area contributed by atoms with Gasteiger partial charge in [-0.05, 0) is 42.5 Å². The minimum Gasteiger partial charge on any atom is -0.486 e. The summed E-state index contributed by atoms with van der Waals surface area (Å²) < 4.78 is 8.31. The number of hydrogen-bond donors (Lipinski definition) is 0. The molecule has 4 nitrogen and oxygen atoms in total. The Balaban J connectivity index is 1.75. The highest BCUT2D eigenvalue weighted by Gasteiger charge is 2.18. The Morgan fingerprint density at radius 3 is 2.54 bits per heavy atom. The van der Waals surface area contributed by atoms with Gasteiger partial charge in [0.1, 0.15) is 12.4 Å². The van der Waals surface area contributed by atoms with Gasteiger partial charge in [-0.15, -0.1) is 0 Å². The minimum atomic E-state index is -0.133. The molecule has 0 bridgehead atoms. The molecule has 26 heavy (non-hydrogen) atoms. The third-order valence-electron chi connectivity index (χ3n) is 4.02. The maximum atomic E-state index is 13.2. The third kappa shape index (κ3) is 3.26. The molecule has 0 aliphatic rings. The van der Waals surface area contributed by atoms with Crippen molar-refractivity contribution < 1.29 is 9.53 Å². The number of imidazole rings is 1. The molecule has 1 heterocycles. The molecule has 0 saturated heterocycles. The number of carbonyl (C=O) groups is 1. The quantitative estimate of drug-likeness (QED) is 0.475. The molecule has 128 valence electrons. The zero-order chi connectivity index (χ0) is 17.9. The lowest BCUT2D eigenvalue weighted by Crippen LogP contribution is -2.16. The van der Waals surface area contributed by atoms with Crippen LogP contribution in [0, 0.1) is 0 Å². The van der Waals surface area contributed by atoms with Crippen molar-refractivity contribution in [3.8, 4) is 5.75 Å². The highest BCUT2D eigenvalue weighted by Crippen LogP contribution is 2.21. The average Bonchev–Trinajstić information content (AvgIpc) is 3.05. The van der Waals surface area contributed by atoms with E-state index in [9.17, 15) is 4.79 Å². The molecule has 0 amide bonds. The molecule has 0 aliphatic heterocycles. The Labute approximate surface area is 159 Å². The first-order valence-corrected chi connectivity index (χ1v) is 8.96. The predicted octanol–water partition coefficient (Wildman–Crippen LogP) is 5.07. The van der Waals surface area contributed by atoms with Crippen molar-refractivity contribution in [2.24, 2.45) is 0 Å². The molecule has 0 N–H and O–H groups in total. The lowest BCUT2D eigenvalue weighted by atomic mass is 10.2. The van der Waals surface area contributed by atoms with Crippen molar-refractivity contribution in [2.45, 2.75) is 6.61 Å². The summed E-state index contributed by atoms with van der Waals surface area (Å²) in [6.07, 6.45) is 0. The summed E-state index contributed by atoms with van der Waals surface area (Å²) in [6, 6.07) is 24.4. The zero-order valence-electron chi connectivity index (χ0n) is 13.8. The van der Waals surface area contributed by atoms with Crippen molar-refractivity contribution >= 4 is 32.9 Å². The molecular formula is C21H15BrN2O2. The lowest BCUT2D eigenvalue weighted by Gasteiger charge is -2.10. The summed E-state index contributed by atoms with van der Waals surface area (Å²) in [7, 11) is 0. The van der Waals surface area contributed by atoms with E-state index < -0.39 is 0 Å². The summed E-state index contributed by atoms with van der Waals surface area (Å²) in [4.78, 5) is 17.8. The van der Waals surface area contributed by atoms with E-state index in [0.717, 1.165) is 21.3 Å². The smallest absolute Gasteiger partial charge is 0.263 e. The molecule has 1 aromatic heterocycles. The third-order valence-corrected chi connectivity index (χ3v) is 4.51. The van der Waals surface area contributed by atoms with E-state index in [1.165, 1.54) is 0 Å². The van der Waals surface area contributed by atoms with Crippen LogP contribution in [0.1, 0.15) is 16.2 Å². The molecular weight excluding hydrogens is 392 g/mol. The summed E-state index contributed by atoms with van der Waals surface area (Å²) >= 11 is 3.42. The van der Waals surface area contributed by atoms with Gasteiger partial charge in [0.15, 0.2) is 5.82 Å². The number of benzene rings is 3. The van der Waals surface area contributed by atoms with E-state index in [1.807, 2.05) is 66.7 Å². The van der Waals surface area contributed by atoms with Crippen LogP contribution in [-0.4, -0.2) is 15.5 Å². The summed E-state index contributed by atoms with van der Waals surface area (Å²) in [6.45, 7) is 0.207. The van der Waals surface area contributed by atoms with Crippen LogP contribution in [-0.2, 0) is 6.61 Å². The topological polar surface area (TPSA) is 44.1 Å². The van der Waals surface area contributed by atoms with Gasteiger partial charge in [0.25, 0.3) is 5.91 Å². The van der Waals surface area contributed by atoms with Crippen LogP contribution in [0.2, 0.25) is 0 Å². The zero-order valence-corrected chi connectivity index (χ0v) is 15.4. The van der Waals surface area contributed by atoms with Gasteiger partial charge < -0.3 is 4.74 Å². The minimum absolute atomic E-state index is 0.133. The molecule has 0 radical (unpaired) electrons. The molecule has 5 heteroatoms. The van der Waals surface area contributed by atoms with E-state index in [0.29, 0.717) is 11.4 Å². The van der Waals surface area contributed by atoms with Gasteiger partial charge in [0.2, 0.25) is 0 Å². The van der Waals surface area contributed by atoms with Gasteiger partial charge in [-0.3, -0.25) is 9.36 Å². The van der Waals surface area contributed by atoms with Crippen LogP contribution in [0.15, 0.2) is 83.3 Å².